The van der Waals surface area contributed by atoms with Crippen LogP contribution < -0.4 is 16.4 Å². The number of aliphatic hydroxyl groups excluding tert-OH is 2. The van der Waals surface area contributed by atoms with Crippen molar-refractivity contribution in [1.82, 2.24) is 0 Å². The molecule has 0 spiro atoms. The normalized spacial score (nSPS) is 17.4. The van der Waals surface area contributed by atoms with Crippen molar-refractivity contribution in [3.63, 3.8) is 0 Å². The zero-order valence-corrected chi connectivity index (χ0v) is 19.9. The van der Waals surface area contributed by atoms with Gasteiger partial charge < -0.3 is 34.2 Å². The molecule has 1 heterocycles. The molecule has 192 valence electrons. The fraction of sp³-hybridized carbons (Fsp3) is 0.250. The van der Waals surface area contributed by atoms with Gasteiger partial charge in [-0.25, -0.2) is 13.2 Å². The van der Waals surface area contributed by atoms with E-state index in [9.17, 15) is 33.4 Å². The lowest BCUT2D eigenvalue weighted by Gasteiger charge is -2.38. The third-order valence-electron chi connectivity index (χ3n) is 6.41. The minimum Gasteiger partial charge on any atom is -0.463 e. The molecular formula is C24H24B3F3O7. The monoisotopic (exact) mass is 514 g/mol. The smallest absolute Gasteiger partial charge is 0.463 e. The molecular weight excluding hydrogens is 490 g/mol. The molecule has 3 aromatic rings. The Bertz CT molecular complexity index is 1270. The number of ether oxygens (including phenoxy) is 1. The molecule has 1 aliphatic heterocycles. The predicted octanol–water partition coefficient (Wildman–Crippen LogP) is 0.271. The van der Waals surface area contributed by atoms with Crippen LogP contribution in [0.1, 0.15) is 30.0 Å². The lowest BCUT2D eigenvalue weighted by molar-refractivity contribution is -0.144. The summed E-state index contributed by atoms with van der Waals surface area (Å²) in [7, 11) is -3.35. The highest BCUT2D eigenvalue weighted by molar-refractivity contribution is 6.79. The van der Waals surface area contributed by atoms with Gasteiger partial charge in [-0.15, -0.1) is 0 Å². The van der Waals surface area contributed by atoms with Gasteiger partial charge in [0.15, 0.2) is 5.69 Å². The molecule has 1 aliphatic rings. The molecule has 3 aromatic carbocycles. The van der Waals surface area contributed by atoms with Crippen LogP contribution in [0.2, 0.25) is 0 Å². The number of fused-ring (bicyclic) bond motifs is 1. The molecule has 37 heavy (non-hydrogen) atoms. The van der Waals surface area contributed by atoms with Crippen molar-refractivity contribution >= 4 is 37.5 Å². The molecule has 0 saturated heterocycles. The van der Waals surface area contributed by atoms with Crippen molar-refractivity contribution < 1.29 is 47.4 Å². The average Bonchev–Trinajstić information content (AvgIpc) is 3.03. The van der Waals surface area contributed by atoms with Gasteiger partial charge in [0.25, 0.3) is 0 Å². The Hall–Kier alpha value is -2.64. The molecule has 0 aromatic heterocycles. The lowest BCUT2D eigenvalue weighted by atomic mass is 9.48. The highest BCUT2D eigenvalue weighted by Gasteiger charge is 2.52. The van der Waals surface area contributed by atoms with Gasteiger partial charge >= 0.3 is 21.2 Å². The van der Waals surface area contributed by atoms with Gasteiger partial charge in [-0.3, -0.25) is 0 Å². The maximum absolute atomic E-state index is 14.0. The quantitative estimate of drug-likeness (QED) is 0.320. The van der Waals surface area contributed by atoms with Crippen molar-refractivity contribution in [3.05, 3.63) is 88.7 Å². The predicted molar refractivity (Wildman–Crippen MR) is 132 cm³/mol. The van der Waals surface area contributed by atoms with Crippen molar-refractivity contribution in [2.45, 2.75) is 38.9 Å². The summed E-state index contributed by atoms with van der Waals surface area (Å²) in [6.07, 6.45) is 0.0242. The third kappa shape index (κ3) is 5.63. The van der Waals surface area contributed by atoms with E-state index in [0.717, 1.165) is 30.3 Å². The molecule has 13 heteroatoms. The number of benzene rings is 3. The van der Waals surface area contributed by atoms with E-state index in [2.05, 4.69) is 0 Å². The molecule has 0 bridgehead atoms. The second kappa shape index (κ2) is 11.4. The van der Waals surface area contributed by atoms with Gasteiger partial charge in [-0.2, -0.15) is 0 Å². The standard InChI is InChI=1S/C24H24B3F3O7/c1-2-24(35-14-17-11-20(30)5-8-23(17)26(33)36-24)25(21-6-3-18(28)9-15(21)12-31)37-27(34)22-7-4-19(29)10-16(22)13-32/h3-11,31-34H,2,12-14H2,1H3. The Labute approximate surface area is 212 Å². The average molecular weight is 514 g/mol. The van der Waals surface area contributed by atoms with E-state index in [1.54, 1.807) is 6.92 Å². The van der Waals surface area contributed by atoms with Gasteiger partial charge in [-0.1, -0.05) is 25.1 Å². The maximum Gasteiger partial charge on any atom is 0.493 e. The van der Waals surface area contributed by atoms with E-state index in [1.807, 2.05) is 0 Å². The first-order chi connectivity index (χ1) is 17.7. The van der Waals surface area contributed by atoms with E-state index in [-0.39, 0.29) is 40.5 Å². The van der Waals surface area contributed by atoms with Crippen molar-refractivity contribution in [3.8, 4) is 0 Å². The molecule has 7 nitrogen and oxygen atoms in total. The van der Waals surface area contributed by atoms with Crippen LogP contribution in [0.25, 0.3) is 0 Å². The van der Waals surface area contributed by atoms with E-state index in [0.29, 0.717) is 5.56 Å². The third-order valence-corrected chi connectivity index (χ3v) is 6.41. The van der Waals surface area contributed by atoms with E-state index in [4.69, 9.17) is 14.0 Å². The number of rotatable bonds is 8. The zero-order valence-electron chi connectivity index (χ0n) is 19.9. The first kappa shape index (κ1) is 27.4. The van der Waals surface area contributed by atoms with Crippen LogP contribution in [0.5, 0.6) is 0 Å². The summed E-state index contributed by atoms with van der Waals surface area (Å²) in [6, 6.07) is 10.6. The van der Waals surface area contributed by atoms with Crippen LogP contribution in [0.4, 0.5) is 13.2 Å². The Morgan fingerprint density at radius 1 is 0.919 bits per heavy atom. The summed E-state index contributed by atoms with van der Waals surface area (Å²) in [5.74, 6) is -1.81. The summed E-state index contributed by atoms with van der Waals surface area (Å²) in [5.41, 5.74) is -0.848. The SMILES string of the molecule is CCC1(B(OB(O)c2ccc(F)cc2CO)c2ccc(F)cc2CO)OCc2cc(F)ccc2B(O)O1. The number of aliphatic hydroxyl groups is 2. The van der Waals surface area contributed by atoms with Crippen molar-refractivity contribution in [2.75, 3.05) is 0 Å². The second-order valence-electron chi connectivity index (χ2n) is 8.64. The molecule has 4 rings (SSSR count). The first-order valence-corrected chi connectivity index (χ1v) is 11.6. The highest BCUT2D eigenvalue weighted by Crippen LogP contribution is 2.29. The fourth-order valence-electron chi connectivity index (χ4n) is 4.47. The minimum absolute atomic E-state index is 0.0242. The van der Waals surface area contributed by atoms with Crippen LogP contribution >= 0.6 is 0 Å². The zero-order chi connectivity index (χ0) is 26.7. The molecule has 4 N–H and O–H groups in total. The van der Waals surface area contributed by atoms with Gasteiger partial charge in [-0.05, 0) is 75.9 Å². The lowest BCUT2D eigenvalue weighted by Crippen LogP contribution is -2.64. The van der Waals surface area contributed by atoms with Gasteiger partial charge in [0, 0.05) is 0 Å². The summed E-state index contributed by atoms with van der Waals surface area (Å²) < 4.78 is 59.7. The van der Waals surface area contributed by atoms with Crippen molar-refractivity contribution in [2.24, 2.45) is 0 Å². The van der Waals surface area contributed by atoms with Crippen LogP contribution in [0.15, 0.2) is 54.6 Å². The minimum atomic E-state index is -1.82. The number of hydrogen-bond donors (Lipinski definition) is 4. The van der Waals surface area contributed by atoms with Gasteiger partial charge in [0.2, 0.25) is 0 Å². The van der Waals surface area contributed by atoms with Crippen LogP contribution in [0, 0.1) is 17.5 Å². The summed E-state index contributed by atoms with van der Waals surface area (Å²) in [4.78, 5) is 0. The van der Waals surface area contributed by atoms with E-state index >= 15 is 0 Å². The largest absolute Gasteiger partial charge is 0.493 e. The Morgan fingerprint density at radius 2 is 1.49 bits per heavy atom. The Kier molecular flexibility index (Phi) is 8.44. The number of hydrogen-bond acceptors (Lipinski definition) is 7. The Morgan fingerprint density at radius 3 is 2.11 bits per heavy atom. The van der Waals surface area contributed by atoms with Crippen LogP contribution in [-0.4, -0.2) is 47.1 Å². The van der Waals surface area contributed by atoms with Crippen LogP contribution in [0.3, 0.4) is 0 Å². The fourth-order valence-corrected chi connectivity index (χ4v) is 4.47. The van der Waals surface area contributed by atoms with Gasteiger partial charge in [0.1, 0.15) is 17.5 Å². The second-order valence-corrected chi connectivity index (χ2v) is 8.64. The van der Waals surface area contributed by atoms with Crippen LogP contribution in [-0.2, 0) is 33.8 Å². The molecule has 0 saturated carbocycles. The van der Waals surface area contributed by atoms with E-state index < -0.39 is 57.5 Å². The maximum atomic E-state index is 14.0. The molecule has 0 aliphatic carbocycles. The Balaban J connectivity index is 1.81. The first-order valence-electron chi connectivity index (χ1n) is 11.6. The number of halogens is 3. The molecule has 1 unspecified atom stereocenters. The van der Waals surface area contributed by atoms with Crippen molar-refractivity contribution in [1.29, 1.82) is 0 Å². The highest BCUT2D eigenvalue weighted by atomic mass is 19.1. The molecule has 1 atom stereocenters. The summed E-state index contributed by atoms with van der Waals surface area (Å²) >= 11 is 0. The van der Waals surface area contributed by atoms with E-state index in [1.165, 1.54) is 24.3 Å². The summed E-state index contributed by atoms with van der Waals surface area (Å²) in [5, 5.41) is 41.6. The van der Waals surface area contributed by atoms with Gasteiger partial charge in [0.05, 0.1) is 19.8 Å². The molecule has 0 radical (unpaired) electrons. The molecule has 0 fully saturated rings. The molecule has 0 amide bonds. The topological polar surface area (TPSA) is 109 Å². The summed E-state index contributed by atoms with van der Waals surface area (Å²) in [6.45, 7) is -1.13.